The van der Waals surface area contributed by atoms with Crippen LogP contribution in [0.2, 0.25) is 0 Å². The van der Waals surface area contributed by atoms with Crippen LogP contribution >= 0.6 is 0 Å². The largest absolute Gasteiger partial charge is 0.460 e. The van der Waals surface area contributed by atoms with Crippen LogP contribution in [0.4, 0.5) is 0 Å². The summed E-state index contributed by atoms with van der Waals surface area (Å²) < 4.78 is 5.51. The minimum atomic E-state index is -1.05. The van der Waals surface area contributed by atoms with E-state index in [-0.39, 0.29) is 5.69 Å². The molecule has 0 unspecified atom stereocenters. The zero-order valence-corrected chi connectivity index (χ0v) is 13.3. The number of aryl methyl sites for hydroxylation is 1. The fraction of sp³-hybridized carbons (Fsp3) is 0.111. The van der Waals surface area contributed by atoms with Crippen LogP contribution in [0.3, 0.4) is 0 Å². The molecule has 0 radical (unpaired) electrons. The first-order valence-electron chi connectivity index (χ1n) is 7.66. The van der Waals surface area contributed by atoms with Crippen LogP contribution in [0, 0.1) is 18.3 Å². The molecule has 0 aliphatic rings. The van der Waals surface area contributed by atoms with Gasteiger partial charge in [-0.25, -0.2) is 4.98 Å². The number of hydrogen-bond donors (Lipinski definition) is 2. The van der Waals surface area contributed by atoms with Crippen molar-refractivity contribution < 1.29 is 9.21 Å². The number of fused-ring (bicyclic) bond motifs is 1. The Kier molecular flexibility index (Phi) is 3.43. The fourth-order valence-corrected chi connectivity index (χ4v) is 2.65. The maximum absolute atomic E-state index is 12.7. The number of imidazole rings is 1. The molecule has 4 aromatic rings. The van der Waals surface area contributed by atoms with E-state index in [4.69, 9.17) is 4.42 Å². The third kappa shape index (κ3) is 2.60. The Morgan fingerprint density at radius 3 is 2.84 bits per heavy atom. The zero-order valence-electron chi connectivity index (χ0n) is 13.3. The number of carbonyl (C=O) groups excluding carboxylic acids is 1. The third-order valence-electron chi connectivity index (χ3n) is 3.91. The number of nitrogens with zero attached hydrogens (tertiary/aromatic N) is 3. The number of furan rings is 1. The van der Waals surface area contributed by atoms with E-state index in [1.807, 2.05) is 43.3 Å². The lowest BCUT2D eigenvalue weighted by atomic mass is 10.0. The van der Waals surface area contributed by atoms with Gasteiger partial charge in [0.25, 0.3) is 0 Å². The number of Topliss-reactive ketones (excluding diaryl/α,β-unsaturated/α-hetero) is 1. The fourth-order valence-electron chi connectivity index (χ4n) is 2.65. The first kappa shape index (κ1) is 14.9. The molecule has 3 heterocycles. The van der Waals surface area contributed by atoms with Gasteiger partial charge in [-0.05, 0) is 37.3 Å². The van der Waals surface area contributed by atoms with E-state index >= 15 is 0 Å². The molecule has 0 bridgehead atoms. The molecule has 0 aliphatic carbocycles. The highest BCUT2D eigenvalue weighted by Gasteiger charge is 2.27. The Bertz CT molecular complexity index is 1080. The van der Waals surface area contributed by atoms with Crippen molar-refractivity contribution in [3.63, 3.8) is 0 Å². The van der Waals surface area contributed by atoms with Crippen LogP contribution in [0.25, 0.3) is 22.5 Å². The molecule has 25 heavy (non-hydrogen) atoms. The van der Waals surface area contributed by atoms with Crippen molar-refractivity contribution in [2.45, 2.75) is 12.8 Å². The minimum absolute atomic E-state index is 0.163. The Hall–Kier alpha value is -3.66. The molecule has 0 spiro atoms. The van der Waals surface area contributed by atoms with Gasteiger partial charge in [-0.1, -0.05) is 12.1 Å². The number of aromatic amines is 2. The summed E-state index contributed by atoms with van der Waals surface area (Å²) in [7, 11) is 0. The number of para-hydroxylation sites is 2. The maximum Gasteiger partial charge on any atom is 0.207 e. The number of carbonyl (C=O) groups is 1. The van der Waals surface area contributed by atoms with E-state index in [0.29, 0.717) is 22.8 Å². The molecule has 122 valence electrons. The van der Waals surface area contributed by atoms with Crippen molar-refractivity contribution in [3.05, 3.63) is 59.7 Å². The van der Waals surface area contributed by atoms with Crippen LogP contribution in [0.1, 0.15) is 28.0 Å². The summed E-state index contributed by atoms with van der Waals surface area (Å²) in [5.41, 5.74) is 2.23. The van der Waals surface area contributed by atoms with Gasteiger partial charge in [0.15, 0.2) is 11.7 Å². The van der Waals surface area contributed by atoms with E-state index in [9.17, 15) is 10.1 Å². The topological polar surface area (TPSA) is 111 Å². The number of benzene rings is 1. The molecule has 4 rings (SSSR count). The van der Waals surface area contributed by atoms with Gasteiger partial charge in [0.1, 0.15) is 23.0 Å². The van der Waals surface area contributed by atoms with Crippen molar-refractivity contribution in [3.8, 4) is 17.5 Å². The van der Waals surface area contributed by atoms with Crippen LogP contribution in [-0.4, -0.2) is 25.9 Å². The molecule has 0 saturated heterocycles. The van der Waals surface area contributed by atoms with Gasteiger partial charge in [-0.15, -0.1) is 0 Å². The second-order valence-electron chi connectivity index (χ2n) is 5.64. The zero-order chi connectivity index (χ0) is 17.4. The molecular formula is C18H13N5O2. The summed E-state index contributed by atoms with van der Waals surface area (Å²) in [4.78, 5) is 20.1. The smallest absolute Gasteiger partial charge is 0.207 e. The Morgan fingerprint density at radius 1 is 1.28 bits per heavy atom. The second kappa shape index (κ2) is 5.76. The number of rotatable bonds is 4. The highest BCUT2D eigenvalue weighted by molar-refractivity contribution is 6.01. The van der Waals surface area contributed by atoms with Crippen molar-refractivity contribution in [1.29, 1.82) is 5.26 Å². The average Bonchev–Trinajstić information content (AvgIpc) is 3.33. The van der Waals surface area contributed by atoms with E-state index in [0.717, 1.165) is 11.3 Å². The SMILES string of the molecule is Cc1ccc(-c2cc(C(=O)[C@@H](C#N)c3nc4ccccc4[nH]3)n[nH]2)o1. The summed E-state index contributed by atoms with van der Waals surface area (Å²) in [6.45, 7) is 1.83. The molecule has 1 atom stereocenters. The highest BCUT2D eigenvalue weighted by atomic mass is 16.3. The van der Waals surface area contributed by atoms with Gasteiger partial charge in [0, 0.05) is 0 Å². The van der Waals surface area contributed by atoms with Crippen LogP contribution in [0.5, 0.6) is 0 Å². The molecule has 7 heteroatoms. The monoisotopic (exact) mass is 331 g/mol. The molecular weight excluding hydrogens is 318 g/mol. The summed E-state index contributed by atoms with van der Waals surface area (Å²) >= 11 is 0. The number of H-pyrrole nitrogens is 2. The Labute approximate surface area is 142 Å². The predicted octanol–water partition coefficient (Wildman–Crippen LogP) is 3.34. The van der Waals surface area contributed by atoms with E-state index < -0.39 is 11.7 Å². The maximum atomic E-state index is 12.7. The molecule has 7 nitrogen and oxygen atoms in total. The van der Waals surface area contributed by atoms with E-state index in [2.05, 4.69) is 20.2 Å². The van der Waals surface area contributed by atoms with Crippen LogP contribution < -0.4 is 0 Å². The first-order chi connectivity index (χ1) is 12.2. The summed E-state index contributed by atoms with van der Waals surface area (Å²) in [6.07, 6.45) is 0. The molecule has 0 fully saturated rings. The van der Waals surface area contributed by atoms with Crippen molar-refractivity contribution in [1.82, 2.24) is 20.2 Å². The molecule has 0 aliphatic heterocycles. The van der Waals surface area contributed by atoms with Gasteiger partial charge >= 0.3 is 0 Å². The summed E-state index contributed by atoms with van der Waals surface area (Å²) in [5, 5.41) is 16.3. The summed E-state index contributed by atoms with van der Waals surface area (Å²) in [6, 6.07) is 14.6. The minimum Gasteiger partial charge on any atom is -0.460 e. The lowest BCUT2D eigenvalue weighted by molar-refractivity contribution is 0.0971. The van der Waals surface area contributed by atoms with Crippen molar-refractivity contribution in [2.24, 2.45) is 0 Å². The Morgan fingerprint density at radius 2 is 2.12 bits per heavy atom. The van der Waals surface area contributed by atoms with E-state index in [1.54, 1.807) is 12.1 Å². The number of ketones is 1. The number of aromatic nitrogens is 4. The van der Waals surface area contributed by atoms with Crippen LogP contribution in [0.15, 0.2) is 46.9 Å². The molecule has 1 aromatic carbocycles. The van der Waals surface area contributed by atoms with Gasteiger partial charge in [-0.2, -0.15) is 10.4 Å². The van der Waals surface area contributed by atoms with E-state index in [1.165, 1.54) is 0 Å². The Balaban J connectivity index is 1.66. The molecule has 0 saturated carbocycles. The number of nitriles is 1. The number of nitrogens with one attached hydrogen (secondary N) is 2. The summed E-state index contributed by atoms with van der Waals surface area (Å²) in [5.74, 6) is 0.178. The normalized spacial score (nSPS) is 12.2. The van der Waals surface area contributed by atoms with Gasteiger partial charge in [-0.3, -0.25) is 9.89 Å². The average molecular weight is 331 g/mol. The van der Waals surface area contributed by atoms with Gasteiger partial charge < -0.3 is 9.40 Å². The van der Waals surface area contributed by atoms with Crippen molar-refractivity contribution in [2.75, 3.05) is 0 Å². The van der Waals surface area contributed by atoms with Crippen molar-refractivity contribution >= 4 is 16.8 Å². The quantitative estimate of drug-likeness (QED) is 0.557. The number of hydrogen-bond acceptors (Lipinski definition) is 5. The predicted molar refractivity (Wildman–Crippen MR) is 89.8 cm³/mol. The van der Waals surface area contributed by atoms with Crippen LogP contribution in [-0.2, 0) is 0 Å². The highest BCUT2D eigenvalue weighted by Crippen LogP contribution is 2.24. The molecule has 0 amide bonds. The molecule has 2 N–H and O–H groups in total. The lowest BCUT2D eigenvalue weighted by Gasteiger charge is -2.01. The third-order valence-corrected chi connectivity index (χ3v) is 3.91. The lowest BCUT2D eigenvalue weighted by Crippen LogP contribution is -2.13. The molecule has 3 aromatic heterocycles. The first-order valence-corrected chi connectivity index (χ1v) is 7.66. The van der Waals surface area contributed by atoms with Gasteiger partial charge in [0.05, 0.1) is 17.1 Å². The second-order valence-corrected chi connectivity index (χ2v) is 5.64. The van der Waals surface area contributed by atoms with Gasteiger partial charge in [0.2, 0.25) is 5.78 Å². The standard InChI is InChI=1S/C18H13N5O2/c1-10-6-7-16(25-10)14-8-15(23-22-14)17(24)11(9-19)18-20-12-4-2-3-5-13(12)21-18/h2-8,11H,1H3,(H,20,21)(H,22,23)/t11-/m1/s1.